The summed E-state index contributed by atoms with van der Waals surface area (Å²) in [6.07, 6.45) is 1.60. The predicted octanol–water partition coefficient (Wildman–Crippen LogP) is 3.28. The van der Waals surface area contributed by atoms with Gasteiger partial charge in [0.2, 0.25) is 10.0 Å². The molecule has 1 aromatic carbocycles. The summed E-state index contributed by atoms with van der Waals surface area (Å²) in [5.41, 5.74) is 0.219. The number of thiazole rings is 1. The second-order valence-corrected chi connectivity index (χ2v) is 7.26. The lowest BCUT2D eigenvalue weighted by atomic mass is 10.2. The summed E-state index contributed by atoms with van der Waals surface area (Å²) in [5.74, 6) is -0.540. The van der Waals surface area contributed by atoms with Crippen LogP contribution in [-0.2, 0) is 10.0 Å². The first kappa shape index (κ1) is 15.4. The number of hydrogen-bond donors (Lipinski definition) is 1. The van der Waals surface area contributed by atoms with Gasteiger partial charge in [-0.1, -0.05) is 11.6 Å². The van der Waals surface area contributed by atoms with Crippen LogP contribution in [0.3, 0.4) is 0 Å². The number of hydrogen-bond acceptors (Lipinski definition) is 4. The summed E-state index contributed by atoms with van der Waals surface area (Å²) >= 11 is 7.17. The molecule has 20 heavy (non-hydrogen) atoms. The number of halogens is 2. The fraction of sp³-hybridized carbons (Fsp3) is 0.250. The number of benzene rings is 1. The SMILES string of the molecule is Cc1cc(S(=O)(=O)N[C@@H](C)c2nccs2)c(Cl)cc1F. The van der Waals surface area contributed by atoms with Gasteiger partial charge in [0.25, 0.3) is 0 Å². The maximum Gasteiger partial charge on any atom is 0.242 e. The highest BCUT2D eigenvalue weighted by molar-refractivity contribution is 7.89. The van der Waals surface area contributed by atoms with Gasteiger partial charge < -0.3 is 0 Å². The summed E-state index contributed by atoms with van der Waals surface area (Å²) in [6, 6.07) is 1.73. The molecular formula is C12H12ClFN2O2S2. The molecule has 1 heterocycles. The third-order valence-corrected chi connectivity index (χ3v) is 5.62. The molecule has 0 saturated carbocycles. The first-order valence-corrected chi connectivity index (χ1v) is 8.42. The van der Waals surface area contributed by atoms with Crippen LogP contribution < -0.4 is 4.72 Å². The summed E-state index contributed by atoms with van der Waals surface area (Å²) in [6.45, 7) is 3.16. The number of rotatable bonds is 4. The minimum atomic E-state index is -3.84. The van der Waals surface area contributed by atoms with Crippen LogP contribution in [0.15, 0.2) is 28.6 Å². The van der Waals surface area contributed by atoms with Gasteiger partial charge in [-0.3, -0.25) is 0 Å². The molecule has 2 rings (SSSR count). The van der Waals surface area contributed by atoms with E-state index >= 15 is 0 Å². The maximum atomic E-state index is 13.3. The van der Waals surface area contributed by atoms with E-state index in [1.54, 1.807) is 18.5 Å². The number of nitrogens with zero attached hydrogens (tertiary/aromatic N) is 1. The highest BCUT2D eigenvalue weighted by Gasteiger charge is 2.23. The molecular weight excluding hydrogens is 323 g/mol. The van der Waals surface area contributed by atoms with Gasteiger partial charge in [-0.15, -0.1) is 11.3 Å². The van der Waals surface area contributed by atoms with Gasteiger partial charge in [0.05, 0.1) is 11.1 Å². The van der Waals surface area contributed by atoms with Crippen molar-refractivity contribution in [2.45, 2.75) is 24.8 Å². The average Bonchev–Trinajstić information content (AvgIpc) is 2.86. The molecule has 1 N–H and O–H groups in total. The van der Waals surface area contributed by atoms with E-state index in [0.29, 0.717) is 5.01 Å². The molecule has 0 amide bonds. The molecule has 0 bridgehead atoms. The molecule has 0 spiro atoms. The van der Waals surface area contributed by atoms with Gasteiger partial charge in [0.1, 0.15) is 15.7 Å². The Morgan fingerprint density at radius 2 is 2.15 bits per heavy atom. The number of sulfonamides is 1. The third-order valence-electron chi connectivity index (χ3n) is 2.66. The standard InChI is InChI=1S/C12H12ClFN2O2S2/c1-7-5-11(9(13)6-10(7)14)20(17,18)16-8(2)12-15-3-4-19-12/h3-6,8,16H,1-2H3/t8-/m0/s1. The molecule has 0 aliphatic carbocycles. The Morgan fingerprint density at radius 3 is 2.75 bits per heavy atom. The second kappa shape index (κ2) is 5.77. The minimum absolute atomic E-state index is 0.138. The van der Waals surface area contributed by atoms with Crippen molar-refractivity contribution < 1.29 is 12.8 Å². The Bertz CT molecular complexity index is 717. The fourth-order valence-corrected chi connectivity index (χ4v) is 4.16. The molecule has 0 fully saturated rings. The summed E-state index contributed by atoms with van der Waals surface area (Å²) in [5, 5.41) is 2.25. The van der Waals surface area contributed by atoms with Gasteiger partial charge in [-0.05, 0) is 31.5 Å². The maximum absolute atomic E-state index is 13.3. The zero-order valence-electron chi connectivity index (χ0n) is 10.7. The van der Waals surface area contributed by atoms with E-state index in [-0.39, 0.29) is 15.5 Å². The van der Waals surface area contributed by atoms with E-state index in [4.69, 9.17) is 11.6 Å². The molecule has 0 aliphatic heterocycles. The van der Waals surface area contributed by atoms with Crippen molar-refractivity contribution in [1.29, 1.82) is 0 Å². The number of aryl methyl sites for hydroxylation is 1. The van der Waals surface area contributed by atoms with E-state index in [2.05, 4.69) is 9.71 Å². The van der Waals surface area contributed by atoms with E-state index in [0.717, 1.165) is 6.07 Å². The smallest absolute Gasteiger partial charge is 0.242 e. The zero-order chi connectivity index (χ0) is 14.9. The van der Waals surface area contributed by atoms with Crippen molar-refractivity contribution in [2.75, 3.05) is 0 Å². The molecule has 0 saturated heterocycles. The highest BCUT2D eigenvalue weighted by atomic mass is 35.5. The Hall–Kier alpha value is -1.02. The van der Waals surface area contributed by atoms with Crippen LogP contribution in [0.4, 0.5) is 4.39 Å². The van der Waals surface area contributed by atoms with Crippen molar-refractivity contribution >= 4 is 33.0 Å². The molecule has 108 valence electrons. The first-order chi connectivity index (χ1) is 9.31. The van der Waals surface area contributed by atoms with Crippen molar-refractivity contribution in [3.8, 4) is 0 Å². The largest absolute Gasteiger partial charge is 0.248 e. The molecule has 8 heteroatoms. The fourth-order valence-electron chi connectivity index (χ4n) is 1.63. The Balaban J connectivity index is 2.34. The summed E-state index contributed by atoms with van der Waals surface area (Å²) < 4.78 is 40.4. The lowest BCUT2D eigenvalue weighted by molar-refractivity contribution is 0.565. The van der Waals surface area contributed by atoms with Gasteiger partial charge in [0, 0.05) is 11.6 Å². The van der Waals surface area contributed by atoms with Crippen LogP contribution in [0, 0.1) is 12.7 Å². The van der Waals surface area contributed by atoms with Crippen LogP contribution in [0.2, 0.25) is 5.02 Å². The molecule has 1 aromatic heterocycles. The van der Waals surface area contributed by atoms with Crippen LogP contribution >= 0.6 is 22.9 Å². The highest BCUT2D eigenvalue weighted by Crippen LogP contribution is 2.26. The Kier molecular flexibility index (Phi) is 4.43. The molecule has 0 radical (unpaired) electrons. The molecule has 0 unspecified atom stereocenters. The van der Waals surface area contributed by atoms with Crippen molar-refractivity contribution in [2.24, 2.45) is 0 Å². The van der Waals surface area contributed by atoms with Gasteiger partial charge in [-0.25, -0.2) is 22.5 Å². The number of aromatic nitrogens is 1. The molecule has 2 aromatic rings. The zero-order valence-corrected chi connectivity index (χ0v) is 13.1. The number of nitrogens with one attached hydrogen (secondary N) is 1. The topological polar surface area (TPSA) is 59.1 Å². The summed E-state index contributed by atoms with van der Waals surface area (Å²) in [4.78, 5) is 3.91. The van der Waals surface area contributed by atoms with Gasteiger partial charge in [-0.2, -0.15) is 0 Å². The van der Waals surface area contributed by atoms with Crippen LogP contribution in [-0.4, -0.2) is 13.4 Å². The molecule has 1 atom stereocenters. The van der Waals surface area contributed by atoms with E-state index in [1.807, 2.05) is 0 Å². The third kappa shape index (κ3) is 3.17. The van der Waals surface area contributed by atoms with Crippen LogP contribution in [0.25, 0.3) is 0 Å². The lowest BCUT2D eigenvalue weighted by Crippen LogP contribution is -2.27. The average molecular weight is 335 g/mol. The quantitative estimate of drug-likeness (QED) is 0.933. The Labute approximate surface area is 125 Å². The van der Waals surface area contributed by atoms with E-state index in [9.17, 15) is 12.8 Å². The van der Waals surface area contributed by atoms with E-state index in [1.165, 1.54) is 24.3 Å². The van der Waals surface area contributed by atoms with Crippen molar-refractivity contribution in [3.63, 3.8) is 0 Å². The predicted molar refractivity (Wildman–Crippen MR) is 77.0 cm³/mol. The van der Waals surface area contributed by atoms with Crippen molar-refractivity contribution in [3.05, 3.63) is 45.1 Å². The van der Waals surface area contributed by atoms with E-state index < -0.39 is 21.9 Å². The van der Waals surface area contributed by atoms with Crippen LogP contribution in [0.1, 0.15) is 23.5 Å². The monoisotopic (exact) mass is 334 g/mol. The van der Waals surface area contributed by atoms with Crippen LogP contribution in [0.5, 0.6) is 0 Å². The first-order valence-electron chi connectivity index (χ1n) is 5.68. The van der Waals surface area contributed by atoms with Crippen molar-refractivity contribution in [1.82, 2.24) is 9.71 Å². The lowest BCUT2D eigenvalue weighted by Gasteiger charge is -2.13. The summed E-state index contributed by atoms with van der Waals surface area (Å²) in [7, 11) is -3.84. The molecule has 4 nitrogen and oxygen atoms in total. The Morgan fingerprint density at radius 1 is 1.45 bits per heavy atom. The second-order valence-electron chi connectivity index (χ2n) is 4.25. The molecule has 0 aliphatic rings. The normalized spacial score (nSPS) is 13.4. The van der Waals surface area contributed by atoms with Gasteiger partial charge in [0.15, 0.2) is 0 Å². The van der Waals surface area contributed by atoms with Gasteiger partial charge >= 0.3 is 0 Å². The minimum Gasteiger partial charge on any atom is -0.248 e.